The average Bonchev–Trinajstić information content (AvgIpc) is 2.73. The molecule has 1 amide bonds. The first kappa shape index (κ1) is 18.4. The number of carbonyl (C=O) groups excluding carboxylic acids is 1. The van der Waals surface area contributed by atoms with Crippen LogP contribution in [0.25, 0.3) is 0 Å². The van der Waals surface area contributed by atoms with Gasteiger partial charge in [0.05, 0.1) is 0 Å². The molecule has 0 spiro atoms. The largest absolute Gasteiger partial charge is 0.573 e. The summed E-state index contributed by atoms with van der Waals surface area (Å²) in [5.74, 6) is 0.311. The number of nitrogens with zero attached hydrogens (tertiary/aromatic N) is 2. The van der Waals surface area contributed by atoms with Crippen molar-refractivity contribution < 1.29 is 27.4 Å². The van der Waals surface area contributed by atoms with Gasteiger partial charge in [-0.1, -0.05) is 0 Å². The maximum Gasteiger partial charge on any atom is 0.573 e. The molecule has 0 radical (unpaired) electrons. The lowest BCUT2D eigenvalue weighted by Gasteiger charge is -2.21. The van der Waals surface area contributed by atoms with E-state index in [1.807, 2.05) is 4.90 Å². The van der Waals surface area contributed by atoms with Crippen LogP contribution in [0.15, 0.2) is 24.3 Å². The van der Waals surface area contributed by atoms with Gasteiger partial charge in [-0.25, -0.2) is 0 Å². The van der Waals surface area contributed by atoms with Gasteiger partial charge in [0.15, 0.2) is 0 Å². The van der Waals surface area contributed by atoms with Crippen LogP contribution in [-0.4, -0.2) is 61.4 Å². The van der Waals surface area contributed by atoms with Gasteiger partial charge in [-0.05, 0) is 30.7 Å². The number of rotatable bonds is 5. The van der Waals surface area contributed by atoms with Gasteiger partial charge in [0.1, 0.15) is 18.1 Å². The molecule has 0 N–H and O–H groups in total. The molecular formula is C16H21F3N2O3. The molecule has 0 bridgehead atoms. The number of hydrogen-bond acceptors (Lipinski definition) is 4. The van der Waals surface area contributed by atoms with Crippen molar-refractivity contribution in [1.29, 1.82) is 0 Å². The molecule has 0 saturated carbocycles. The van der Waals surface area contributed by atoms with E-state index < -0.39 is 6.36 Å². The summed E-state index contributed by atoms with van der Waals surface area (Å²) in [4.78, 5) is 15.4. The highest BCUT2D eigenvalue weighted by atomic mass is 19.4. The molecule has 1 aliphatic rings. The standard InChI is InChI=1S/C16H21F3N2O3/c1-13(22)21-8-2-7-20(9-10-21)11-12-23-14-3-5-15(6-4-14)24-16(17,18)19/h3-6H,2,7-12H2,1H3. The highest BCUT2D eigenvalue weighted by Crippen LogP contribution is 2.24. The van der Waals surface area contributed by atoms with Crippen molar-refractivity contribution in [1.82, 2.24) is 9.80 Å². The van der Waals surface area contributed by atoms with E-state index in [0.29, 0.717) is 25.4 Å². The molecular weight excluding hydrogens is 325 g/mol. The summed E-state index contributed by atoms with van der Waals surface area (Å²) in [5.41, 5.74) is 0. The minimum atomic E-state index is -4.69. The van der Waals surface area contributed by atoms with Crippen molar-refractivity contribution in [2.75, 3.05) is 39.3 Å². The smallest absolute Gasteiger partial charge is 0.492 e. The Labute approximate surface area is 138 Å². The number of carbonyl (C=O) groups is 1. The third kappa shape index (κ3) is 6.27. The molecule has 0 aromatic heterocycles. The van der Waals surface area contributed by atoms with Crippen LogP contribution in [0, 0.1) is 0 Å². The first-order valence-corrected chi connectivity index (χ1v) is 7.80. The normalized spacial score (nSPS) is 16.6. The monoisotopic (exact) mass is 346 g/mol. The first-order valence-electron chi connectivity index (χ1n) is 7.80. The van der Waals surface area contributed by atoms with Gasteiger partial charge in [0.2, 0.25) is 5.91 Å². The van der Waals surface area contributed by atoms with Crippen LogP contribution in [0.1, 0.15) is 13.3 Å². The summed E-state index contributed by atoms with van der Waals surface area (Å²) in [6.07, 6.45) is -3.77. The maximum absolute atomic E-state index is 12.1. The fourth-order valence-corrected chi connectivity index (χ4v) is 2.54. The second-order valence-corrected chi connectivity index (χ2v) is 5.57. The molecule has 8 heteroatoms. The summed E-state index contributed by atoms with van der Waals surface area (Å²) in [6.45, 7) is 5.87. The van der Waals surface area contributed by atoms with E-state index in [0.717, 1.165) is 26.1 Å². The highest BCUT2D eigenvalue weighted by molar-refractivity contribution is 5.73. The summed E-state index contributed by atoms with van der Waals surface area (Å²) in [6, 6.07) is 5.33. The van der Waals surface area contributed by atoms with E-state index in [2.05, 4.69) is 9.64 Å². The predicted molar refractivity (Wildman–Crippen MR) is 81.9 cm³/mol. The summed E-state index contributed by atoms with van der Waals surface area (Å²) >= 11 is 0. The van der Waals surface area contributed by atoms with Gasteiger partial charge in [-0.3, -0.25) is 9.69 Å². The molecule has 1 aliphatic heterocycles. The Balaban J connectivity index is 1.73. The number of halogens is 3. The Morgan fingerprint density at radius 3 is 2.38 bits per heavy atom. The first-order chi connectivity index (χ1) is 11.3. The number of amides is 1. The minimum absolute atomic E-state index is 0.0919. The SMILES string of the molecule is CC(=O)N1CCCN(CCOc2ccc(OC(F)(F)F)cc2)CC1. The van der Waals surface area contributed by atoms with Crippen LogP contribution in [0.4, 0.5) is 13.2 Å². The summed E-state index contributed by atoms with van der Waals surface area (Å²) in [5, 5.41) is 0. The van der Waals surface area contributed by atoms with Crippen molar-refractivity contribution in [3.05, 3.63) is 24.3 Å². The molecule has 24 heavy (non-hydrogen) atoms. The topological polar surface area (TPSA) is 42.0 Å². The second-order valence-electron chi connectivity index (χ2n) is 5.57. The molecule has 1 fully saturated rings. The molecule has 134 valence electrons. The van der Waals surface area contributed by atoms with Crippen LogP contribution >= 0.6 is 0 Å². The molecule has 0 aliphatic carbocycles. The number of hydrogen-bond donors (Lipinski definition) is 0. The zero-order chi connectivity index (χ0) is 17.6. The average molecular weight is 346 g/mol. The Morgan fingerprint density at radius 1 is 1.08 bits per heavy atom. The Morgan fingerprint density at radius 2 is 1.75 bits per heavy atom. The van der Waals surface area contributed by atoms with E-state index in [1.54, 1.807) is 6.92 Å². The predicted octanol–water partition coefficient (Wildman–Crippen LogP) is 2.52. The lowest BCUT2D eigenvalue weighted by Crippen LogP contribution is -2.35. The van der Waals surface area contributed by atoms with E-state index in [9.17, 15) is 18.0 Å². The van der Waals surface area contributed by atoms with Crippen molar-refractivity contribution >= 4 is 5.91 Å². The number of benzene rings is 1. The van der Waals surface area contributed by atoms with Gasteiger partial charge in [0.25, 0.3) is 0 Å². The third-order valence-electron chi connectivity index (χ3n) is 3.77. The van der Waals surface area contributed by atoms with Crippen LogP contribution in [-0.2, 0) is 4.79 Å². The quantitative estimate of drug-likeness (QED) is 0.822. The lowest BCUT2D eigenvalue weighted by atomic mass is 10.3. The Kier molecular flexibility index (Phi) is 6.30. The molecule has 0 unspecified atom stereocenters. The van der Waals surface area contributed by atoms with Crippen LogP contribution in [0.3, 0.4) is 0 Å². The Bertz CT molecular complexity index is 534. The van der Waals surface area contributed by atoms with Crippen molar-refractivity contribution in [2.45, 2.75) is 19.7 Å². The summed E-state index contributed by atoms with van der Waals surface area (Å²) < 4.78 is 45.6. The molecule has 2 rings (SSSR count). The Hall–Kier alpha value is -1.96. The third-order valence-corrected chi connectivity index (χ3v) is 3.77. The zero-order valence-corrected chi connectivity index (χ0v) is 13.5. The van der Waals surface area contributed by atoms with E-state index in [4.69, 9.17) is 4.74 Å². The van der Waals surface area contributed by atoms with Gasteiger partial charge >= 0.3 is 6.36 Å². The molecule has 5 nitrogen and oxygen atoms in total. The zero-order valence-electron chi connectivity index (χ0n) is 13.5. The molecule has 1 heterocycles. The van der Waals surface area contributed by atoms with Gasteiger partial charge < -0.3 is 14.4 Å². The minimum Gasteiger partial charge on any atom is -0.492 e. The van der Waals surface area contributed by atoms with Crippen LogP contribution < -0.4 is 9.47 Å². The van der Waals surface area contributed by atoms with Crippen LogP contribution in [0.5, 0.6) is 11.5 Å². The molecule has 1 saturated heterocycles. The lowest BCUT2D eigenvalue weighted by molar-refractivity contribution is -0.274. The molecule has 1 aromatic carbocycles. The van der Waals surface area contributed by atoms with E-state index in [-0.39, 0.29) is 11.7 Å². The molecule has 1 aromatic rings. The van der Waals surface area contributed by atoms with Gasteiger partial charge in [0, 0.05) is 39.6 Å². The highest BCUT2D eigenvalue weighted by Gasteiger charge is 2.30. The van der Waals surface area contributed by atoms with E-state index >= 15 is 0 Å². The van der Waals surface area contributed by atoms with Crippen molar-refractivity contribution in [3.8, 4) is 11.5 Å². The maximum atomic E-state index is 12.1. The van der Waals surface area contributed by atoms with Crippen molar-refractivity contribution in [2.24, 2.45) is 0 Å². The summed E-state index contributed by atoms with van der Waals surface area (Å²) in [7, 11) is 0. The fraction of sp³-hybridized carbons (Fsp3) is 0.562. The number of alkyl halides is 3. The number of ether oxygens (including phenoxy) is 2. The van der Waals surface area contributed by atoms with Crippen LogP contribution in [0.2, 0.25) is 0 Å². The van der Waals surface area contributed by atoms with Crippen molar-refractivity contribution in [3.63, 3.8) is 0 Å². The second kappa shape index (κ2) is 8.23. The van der Waals surface area contributed by atoms with E-state index in [1.165, 1.54) is 24.3 Å². The van der Waals surface area contributed by atoms with Gasteiger partial charge in [-0.2, -0.15) is 0 Å². The fourth-order valence-electron chi connectivity index (χ4n) is 2.54. The molecule has 0 atom stereocenters. The van der Waals surface area contributed by atoms with Gasteiger partial charge in [-0.15, -0.1) is 13.2 Å².